The Labute approximate surface area is 151 Å². The SMILES string of the molecule is C[C@@H]1C[C@H](C(F)(F)F)CCN1.C[C@H]1C[C@@H](C(F)(F)F)CCN1.Cl.Cl. The van der Waals surface area contributed by atoms with Gasteiger partial charge in [0.25, 0.3) is 0 Å². The molecule has 0 aromatic rings. The van der Waals surface area contributed by atoms with Crippen LogP contribution in [0.5, 0.6) is 0 Å². The number of hydrogen-bond donors (Lipinski definition) is 2. The Hall–Kier alpha value is 0.0800. The second-order valence-corrected chi connectivity index (χ2v) is 6.24. The topological polar surface area (TPSA) is 24.1 Å². The summed E-state index contributed by atoms with van der Waals surface area (Å²) in [5, 5.41) is 5.97. The van der Waals surface area contributed by atoms with E-state index in [1.165, 1.54) is 0 Å². The average Bonchev–Trinajstić information content (AvgIpc) is 2.37. The summed E-state index contributed by atoms with van der Waals surface area (Å²) in [6, 6.07) is 0.0192. The van der Waals surface area contributed by atoms with Gasteiger partial charge in [-0.2, -0.15) is 26.3 Å². The van der Waals surface area contributed by atoms with Crippen molar-refractivity contribution in [2.24, 2.45) is 11.8 Å². The first-order valence-corrected chi connectivity index (χ1v) is 7.60. The van der Waals surface area contributed by atoms with Gasteiger partial charge in [-0.25, -0.2) is 0 Å². The van der Waals surface area contributed by atoms with E-state index in [9.17, 15) is 26.3 Å². The van der Waals surface area contributed by atoms with E-state index in [0.717, 1.165) is 0 Å². The fraction of sp³-hybridized carbons (Fsp3) is 1.00. The van der Waals surface area contributed by atoms with Crippen LogP contribution in [0.2, 0.25) is 0 Å². The van der Waals surface area contributed by atoms with Crippen molar-refractivity contribution in [3.05, 3.63) is 0 Å². The number of hydrogen-bond acceptors (Lipinski definition) is 2. The van der Waals surface area contributed by atoms with Crippen molar-refractivity contribution in [3.8, 4) is 0 Å². The van der Waals surface area contributed by atoms with Crippen molar-refractivity contribution >= 4 is 24.8 Å². The summed E-state index contributed by atoms with van der Waals surface area (Å²) in [7, 11) is 0. The molecule has 0 aromatic heterocycles. The van der Waals surface area contributed by atoms with Crippen LogP contribution in [0.4, 0.5) is 26.3 Å². The third-order valence-electron chi connectivity index (χ3n) is 4.17. The molecular weight excluding hydrogens is 381 g/mol. The van der Waals surface area contributed by atoms with Gasteiger partial charge in [-0.05, 0) is 52.6 Å². The molecule has 10 heteroatoms. The maximum absolute atomic E-state index is 12.1. The molecule has 4 atom stereocenters. The lowest BCUT2D eigenvalue weighted by atomic mass is 9.93. The predicted octanol–water partition coefficient (Wildman–Crippen LogP) is 4.72. The molecule has 148 valence electrons. The first kappa shape index (κ1) is 26.3. The summed E-state index contributed by atoms with van der Waals surface area (Å²) in [4.78, 5) is 0. The van der Waals surface area contributed by atoms with E-state index in [0.29, 0.717) is 13.1 Å². The number of piperidine rings is 2. The Balaban J connectivity index is 0. The maximum Gasteiger partial charge on any atom is 0.391 e. The Bertz CT molecular complexity index is 306. The van der Waals surface area contributed by atoms with Gasteiger partial charge in [-0.15, -0.1) is 24.8 Å². The van der Waals surface area contributed by atoms with Crippen molar-refractivity contribution in [1.82, 2.24) is 10.6 Å². The first-order chi connectivity index (χ1) is 10.00. The Morgan fingerprint density at radius 3 is 1.12 bits per heavy atom. The molecule has 0 aliphatic carbocycles. The van der Waals surface area contributed by atoms with Gasteiger partial charge in [0.05, 0.1) is 11.8 Å². The molecule has 0 saturated carbocycles. The highest BCUT2D eigenvalue weighted by molar-refractivity contribution is 5.85. The van der Waals surface area contributed by atoms with Gasteiger partial charge >= 0.3 is 12.4 Å². The van der Waals surface area contributed by atoms with Crippen molar-refractivity contribution in [1.29, 1.82) is 0 Å². The third kappa shape index (κ3) is 9.53. The van der Waals surface area contributed by atoms with Crippen LogP contribution in [0.15, 0.2) is 0 Å². The van der Waals surface area contributed by atoms with Crippen molar-refractivity contribution in [3.63, 3.8) is 0 Å². The lowest BCUT2D eigenvalue weighted by molar-refractivity contribution is -0.183. The normalized spacial score (nSPS) is 31.0. The van der Waals surface area contributed by atoms with Crippen LogP contribution in [-0.4, -0.2) is 37.5 Å². The zero-order valence-electron chi connectivity index (χ0n) is 13.6. The van der Waals surface area contributed by atoms with Gasteiger partial charge in [0, 0.05) is 12.1 Å². The zero-order valence-corrected chi connectivity index (χ0v) is 15.3. The van der Waals surface area contributed by atoms with E-state index in [1.54, 1.807) is 13.8 Å². The summed E-state index contributed by atoms with van der Waals surface area (Å²) in [5.41, 5.74) is 0. The number of halogens is 8. The Kier molecular flexibility index (Phi) is 12.0. The highest BCUT2D eigenvalue weighted by atomic mass is 35.5. The molecule has 0 aromatic carbocycles. The third-order valence-corrected chi connectivity index (χ3v) is 4.17. The maximum atomic E-state index is 12.1. The van der Waals surface area contributed by atoms with Gasteiger partial charge < -0.3 is 10.6 Å². The molecule has 2 rings (SSSR count). The summed E-state index contributed by atoms with van der Waals surface area (Å²) in [6.07, 6.45) is -7.07. The van der Waals surface area contributed by atoms with Crippen LogP contribution < -0.4 is 10.6 Å². The van der Waals surface area contributed by atoms with Gasteiger partial charge in [0.15, 0.2) is 0 Å². The van der Waals surface area contributed by atoms with E-state index >= 15 is 0 Å². The molecule has 2 fully saturated rings. The Morgan fingerprint density at radius 1 is 0.667 bits per heavy atom. The van der Waals surface area contributed by atoms with Crippen molar-refractivity contribution in [2.45, 2.75) is 64.0 Å². The fourth-order valence-corrected chi connectivity index (χ4v) is 2.86. The molecule has 0 unspecified atom stereocenters. The lowest BCUT2D eigenvalue weighted by Gasteiger charge is -2.29. The number of nitrogens with one attached hydrogen (secondary N) is 2. The van der Waals surface area contributed by atoms with Gasteiger partial charge in [0.2, 0.25) is 0 Å². The molecule has 24 heavy (non-hydrogen) atoms. The second-order valence-electron chi connectivity index (χ2n) is 6.24. The summed E-state index contributed by atoms with van der Waals surface area (Å²) in [6.45, 7) is 4.56. The van der Waals surface area contributed by atoms with Crippen LogP contribution in [0.1, 0.15) is 39.5 Å². The average molecular weight is 407 g/mol. The first-order valence-electron chi connectivity index (χ1n) is 7.60. The van der Waals surface area contributed by atoms with E-state index < -0.39 is 24.2 Å². The lowest BCUT2D eigenvalue weighted by Crippen LogP contribution is -2.41. The fourth-order valence-electron chi connectivity index (χ4n) is 2.86. The summed E-state index contributed by atoms with van der Waals surface area (Å²) >= 11 is 0. The van der Waals surface area contributed by atoms with Crippen LogP contribution >= 0.6 is 24.8 Å². The van der Waals surface area contributed by atoms with E-state index in [1.807, 2.05) is 0 Å². The van der Waals surface area contributed by atoms with E-state index in [-0.39, 0.29) is 62.6 Å². The highest BCUT2D eigenvalue weighted by Crippen LogP contribution is 2.34. The minimum atomic E-state index is -3.99. The van der Waals surface area contributed by atoms with Gasteiger partial charge in [0.1, 0.15) is 0 Å². The highest BCUT2D eigenvalue weighted by Gasteiger charge is 2.41. The molecular formula is C14H26Cl2F6N2. The van der Waals surface area contributed by atoms with Gasteiger partial charge in [-0.3, -0.25) is 0 Å². The molecule has 0 radical (unpaired) electrons. The standard InChI is InChI=1S/2C7H12F3N.2ClH/c2*1-5-4-6(2-3-11-5)7(8,9)10;;/h2*5-6,11H,2-4H2,1H3;2*1H/t2*5-,6-;;/m10../s1. The largest absolute Gasteiger partial charge is 0.391 e. The monoisotopic (exact) mass is 406 g/mol. The molecule has 0 amide bonds. The molecule has 2 aliphatic rings. The second kappa shape index (κ2) is 10.9. The number of rotatable bonds is 0. The van der Waals surface area contributed by atoms with Gasteiger partial charge in [-0.1, -0.05) is 0 Å². The smallest absolute Gasteiger partial charge is 0.314 e. The quantitative estimate of drug-likeness (QED) is 0.568. The zero-order chi connectivity index (χ0) is 17.0. The van der Waals surface area contributed by atoms with Crippen LogP contribution in [0, 0.1) is 11.8 Å². The minimum Gasteiger partial charge on any atom is -0.314 e. The molecule has 2 nitrogen and oxygen atoms in total. The predicted molar refractivity (Wildman–Crippen MR) is 87.0 cm³/mol. The van der Waals surface area contributed by atoms with Crippen LogP contribution in [-0.2, 0) is 0 Å². The van der Waals surface area contributed by atoms with Crippen LogP contribution in [0.25, 0.3) is 0 Å². The molecule has 0 spiro atoms. The van der Waals surface area contributed by atoms with Crippen molar-refractivity contribution < 1.29 is 26.3 Å². The molecule has 0 bridgehead atoms. The molecule has 2 aliphatic heterocycles. The van der Waals surface area contributed by atoms with E-state index in [2.05, 4.69) is 10.6 Å². The molecule has 2 saturated heterocycles. The molecule has 2 N–H and O–H groups in total. The van der Waals surface area contributed by atoms with Crippen molar-refractivity contribution in [2.75, 3.05) is 13.1 Å². The summed E-state index contributed by atoms with van der Waals surface area (Å²) < 4.78 is 72.5. The Morgan fingerprint density at radius 2 is 0.958 bits per heavy atom. The molecule has 2 heterocycles. The number of alkyl halides is 6. The summed E-state index contributed by atoms with van der Waals surface area (Å²) in [5.74, 6) is -2.17. The van der Waals surface area contributed by atoms with Crippen LogP contribution in [0.3, 0.4) is 0 Å². The minimum absolute atomic E-state index is 0. The van der Waals surface area contributed by atoms with E-state index in [4.69, 9.17) is 0 Å².